The molecule has 2 spiro atoms. The summed E-state index contributed by atoms with van der Waals surface area (Å²) < 4.78 is 46.5. The van der Waals surface area contributed by atoms with E-state index >= 15 is 22.8 Å². The number of carbonyl (C=O) groups is 3. The van der Waals surface area contributed by atoms with Gasteiger partial charge in [-0.1, -0.05) is 89.9 Å². The number of benzene rings is 4. The number of likely N-dealkylation sites (tertiary alicyclic amines) is 1. The molecule has 8 rings (SSSR count). The number of alkyl halides is 2. The second kappa shape index (κ2) is 15.9. The number of amides is 3. The lowest BCUT2D eigenvalue weighted by atomic mass is 9.45. The molecule has 59 heavy (non-hydrogen) atoms. The Hall–Kier alpha value is -4.42. The molecule has 0 bridgehead atoms. The summed E-state index contributed by atoms with van der Waals surface area (Å²) in [6.45, 7) is -2.08. The second-order valence-electron chi connectivity index (χ2n) is 17.1. The second-order valence-corrected chi connectivity index (χ2v) is 18.0. The van der Waals surface area contributed by atoms with Gasteiger partial charge in [-0.3, -0.25) is 28.1 Å². The van der Waals surface area contributed by atoms with Crippen molar-refractivity contribution in [1.29, 1.82) is 0 Å². The fourth-order valence-corrected chi connectivity index (χ4v) is 11.5. The number of rotatable bonds is 10. The Kier molecular flexibility index (Phi) is 11.1. The highest BCUT2D eigenvalue weighted by molar-refractivity contribution is 6.31. The van der Waals surface area contributed by atoms with Gasteiger partial charge in [0.1, 0.15) is 11.2 Å². The minimum absolute atomic E-state index is 0.0180. The first-order valence-electron chi connectivity index (χ1n) is 20.1. The highest BCUT2D eigenvalue weighted by Gasteiger charge is 2.81. The molecular weight excluding hydrogens is 800 g/mol. The SMILES string of the molecule is CN(C)C(=O)C1CCC(NC(=O)[C@H]2[C@H](c3cc(F)cc(Cl)c3)C3(C(=O)Nc4cc(Cl)ccc43)C3(CC(CF)(CF)C3)N2[C@H](c2ccccc2)[C@@H](O)c2ccccc2)CC1. The Morgan fingerprint density at radius 3 is 2.10 bits per heavy atom. The van der Waals surface area contributed by atoms with Crippen LogP contribution in [0, 0.1) is 17.2 Å². The van der Waals surface area contributed by atoms with Crippen molar-refractivity contribution in [3.63, 3.8) is 0 Å². The van der Waals surface area contributed by atoms with Gasteiger partial charge in [-0.2, -0.15) is 0 Å². The van der Waals surface area contributed by atoms with Gasteiger partial charge in [0, 0.05) is 58.7 Å². The number of anilines is 1. The largest absolute Gasteiger partial charge is 0.386 e. The van der Waals surface area contributed by atoms with Crippen molar-refractivity contribution >= 4 is 46.6 Å². The van der Waals surface area contributed by atoms with E-state index in [1.165, 1.54) is 12.1 Å². The average molecular weight is 848 g/mol. The molecule has 4 aromatic rings. The summed E-state index contributed by atoms with van der Waals surface area (Å²) in [4.78, 5) is 47.5. The number of carbonyl (C=O) groups excluding carboxylic acids is 3. The molecule has 3 amide bonds. The van der Waals surface area contributed by atoms with Crippen LogP contribution in [0.1, 0.15) is 78.8 Å². The molecule has 0 aromatic heterocycles. The third-order valence-corrected chi connectivity index (χ3v) is 13.9. The maximum Gasteiger partial charge on any atom is 0.238 e. The van der Waals surface area contributed by atoms with Gasteiger partial charge in [-0.05, 0) is 91.1 Å². The van der Waals surface area contributed by atoms with Crippen molar-refractivity contribution in [3.05, 3.63) is 135 Å². The van der Waals surface area contributed by atoms with E-state index in [0.717, 1.165) is 6.07 Å². The quantitative estimate of drug-likeness (QED) is 0.149. The molecule has 2 aliphatic heterocycles. The molecule has 5 atom stereocenters. The zero-order valence-electron chi connectivity index (χ0n) is 32.8. The highest BCUT2D eigenvalue weighted by atomic mass is 35.5. The lowest BCUT2D eigenvalue weighted by Crippen LogP contribution is -2.72. The fraction of sp³-hybridized carbons (Fsp3) is 0.413. The van der Waals surface area contributed by atoms with E-state index in [4.69, 9.17) is 23.2 Å². The van der Waals surface area contributed by atoms with Crippen LogP contribution in [0.5, 0.6) is 0 Å². The van der Waals surface area contributed by atoms with E-state index in [9.17, 15) is 9.90 Å². The summed E-state index contributed by atoms with van der Waals surface area (Å²) in [7, 11) is 3.43. The van der Waals surface area contributed by atoms with Gasteiger partial charge in [-0.25, -0.2) is 4.39 Å². The molecule has 310 valence electrons. The Morgan fingerprint density at radius 2 is 1.51 bits per heavy atom. The predicted molar refractivity (Wildman–Crippen MR) is 221 cm³/mol. The molecule has 2 saturated carbocycles. The summed E-state index contributed by atoms with van der Waals surface area (Å²) in [5.74, 6) is -3.15. The van der Waals surface area contributed by atoms with Gasteiger partial charge in [0.05, 0.1) is 31.5 Å². The molecule has 8 nitrogen and oxygen atoms in total. The van der Waals surface area contributed by atoms with Crippen LogP contribution >= 0.6 is 23.2 Å². The summed E-state index contributed by atoms with van der Waals surface area (Å²) in [6.07, 6.45) is 0.322. The number of halogens is 5. The number of fused-ring (bicyclic) bond motifs is 3. The molecular formula is C46H47Cl2F3N4O4. The molecule has 2 heterocycles. The van der Waals surface area contributed by atoms with E-state index < -0.39 is 71.5 Å². The van der Waals surface area contributed by atoms with Crippen LogP contribution in [-0.4, -0.2) is 77.7 Å². The van der Waals surface area contributed by atoms with Crippen molar-refractivity contribution in [2.75, 3.05) is 32.8 Å². The number of nitrogens with zero attached hydrogens (tertiary/aromatic N) is 2. The van der Waals surface area contributed by atoms with Crippen LogP contribution in [0.25, 0.3) is 0 Å². The minimum Gasteiger partial charge on any atom is -0.386 e. The topological polar surface area (TPSA) is 102 Å². The van der Waals surface area contributed by atoms with Crippen LogP contribution in [0.15, 0.2) is 97.1 Å². The third kappa shape index (κ3) is 6.73. The first-order valence-corrected chi connectivity index (χ1v) is 20.8. The van der Waals surface area contributed by atoms with Crippen LogP contribution in [0.2, 0.25) is 10.0 Å². The maximum atomic E-state index is 15.8. The van der Waals surface area contributed by atoms with Gasteiger partial charge in [0.15, 0.2) is 0 Å². The molecule has 1 saturated heterocycles. The van der Waals surface area contributed by atoms with Gasteiger partial charge < -0.3 is 20.6 Å². The van der Waals surface area contributed by atoms with E-state index in [1.807, 2.05) is 29.2 Å². The number of aliphatic hydroxyl groups is 1. The standard InChI is InChI=1S/C46H47Cl2F3N4O4/c1-54(2)42(58)29-13-16-34(17-14-29)52-41(57)39-37(30-19-32(48)21-33(51)20-30)46(35-18-15-31(47)22-36(35)53-43(46)59)45(23-44(24-45,25-49)26-50)55(39)38(27-9-5-3-6-10-27)40(56)28-11-7-4-8-12-28/h3-12,15,18-22,29,34,37-40,56H,13-14,16-17,23-26H2,1-2H3,(H,52,57)(H,53,59)/t29?,34?,37-,38+,39+,40-,46?/m0/s1. The highest BCUT2D eigenvalue weighted by Crippen LogP contribution is 2.74. The van der Waals surface area contributed by atoms with Crippen LogP contribution < -0.4 is 10.6 Å². The lowest BCUT2D eigenvalue weighted by molar-refractivity contribution is -0.166. The maximum absolute atomic E-state index is 15.8. The number of hydrogen-bond acceptors (Lipinski definition) is 5. The van der Waals surface area contributed by atoms with Crippen molar-refractivity contribution in [1.82, 2.24) is 15.1 Å². The smallest absolute Gasteiger partial charge is 0.238 e. The Labute approximate surface area is 352 Å². The van der Waals surface area contributed by atoms with Crippen molar-refractivity contribution < 1.29 is 32.7 Å². The van der Waals surface area contributed by atoms with Gasteiger partial charge in [0.2, 0.25) is 17.7 Å². The first kappa shape index (κ1) is 41.3. The molecule has 2 aliphatic carbocycles. The number of nitrogens with one attached hydrogen (secondary N) is 2. The van der Waals surface area contributed by atoms with Gasteiger partial charge >= 0.3 is 0 Å². The summed E-state index contributed by atoms with van der Waals surface area (Å²) >= 11 is 13.1. The van der Waals surface area contributed by atoms with E-state index in [1.54, 1.807) is 73.6 Å². The number of hydrogen-bond donors (Lipinski definition) is 3. The predicted octanol–water partition coefficient (Wildman–Crippen LogP) is 8.49. The summed E-state index contributed by atoms with van der Waals surface area (Å²) in [5.41, 5.74) is -2.74. The summed E-state index contributed by atoms with van der Waals surface area (Å²) in [5, 5.41) is 19.4. The molecule has 13 heteroatoms. The van der Waals surface area contributed by atoms with Gasteiger partial charge in [0.25, 0.3) is 0 Å². The van der Waals surface area contributed by atoms with Gasteiger partial charge in [-0.15, -0.1) is 0 Å². The summed E-state index contributed by atoms with van der Waals surface area (Å²) in [6, 6.07) is 24.0. The van der Waals surface area contributed by atoms with E-state index in [-0.39, 0.29) is 41.3 Å². The minimum atomic E-state index is -1.79. The van der Waals surface area contributed by atoms with E-state index in [0.29, 0.717) is 53.1 Å². The Morgan fingerprint density at radius 1 is 0.881 bits per heavy atom. The van der Waals surface area contributed by atoms with Crippen LogP contribution in [-0.2, 0) is 19.8 Å². The monoisotopic (exact) mass is 846 g/mol. The zero-order valence-corrected chi connectivity index (χ0v) is 34.3. The Bertz CT molecular complexity index is 2210. The number of aliphatic hydroxyl groups excluding tert-OH is 1. The molecule has 4 aliphatic rings. The third-order valence-electron chi connectivity index (χ3n) is 13.5. The van der Waals surface area contributed by atoms with Crippen molar-refractivity contribution in [3.8, 4) is 0 Å². The van der Waals surface area contributed by atoms with Crippen LogP contribution in [0.3, 0.4) is 0 Å². The fourth-order valence-electron chi connectivity index (χ4n) is 11.1. The molecule has 4 aromatic carbocycles. The molecule has 3 N–H and O–H groups in total. The Balaban J connectivity index is 1.41. The van der Waals surface area contributed by atoms with Crippen molar-refractivity contribution in [2.45, 2.75) is 79.6 Å². The lowest BCUT2D eigenvalue weighted by Gasteiger charge is -2.63. The van der Waals surface area contributed by atoms with Crippen LogP contribution in [0.4, 0.5) is 18.9 Å². The zero-order chi connectivity index (χ0) is 41.9. The normalized spacial score (nSPS) is 26.5. The average Bonchev–Trinajstić information content (AvgIpc) is 3.65. The molecule has 3 fully saturated rings. The molecule has 1 unspecified atom stereocenters. The first-order chi connectivity index (χ1) is 28.3. The van der Waals surface area contributed by atoms with Crippen molar-refractivity contribution in [2.24, 2.45) is 11.3 Å². The molecule has 0 radical (unpaired) electrons. The van der Waals surface area contributed by atoms with E-state index in [2.05, 4.69) is 10.6 Å².